The fraction of sp³-hybridized carbons (Fsp3) is 0.500. The number of carbonyl (C=O) groups is 1. The number of rotatable bonds is 5. The van der Waals surface area contributed by atoms with Crippen molar-refractivity contribution in [1.82, 2.24) is 9.80 Å². The molecule has 1 aromatic heterocycles. The van der Waals surface area contributed by atoms with E-state index in [0.29, 0.717) is 6.61 Å². The van der Waals surface area contributed by atoms with E-state index in [0.717, 1.165) is 71.7 Å². The first-order valence-corrected chi connectivity index (χ1v) is 9.80. The molecule has 1 fully saturated rings. The number of hydrogen-bond acceptors (Lipinski definition) is 4. The number of piperazine rings is 1. The van der Waals surface area contributed by atoms with Crippen LogP contribution in [0.15, 0.2) is 22.8 Å². The molecule has 1 amide bonds. The minimum atomic E-state index is 0.0763. The van der Waals surface area contributed by atoms with Crippen LogP contribution in [-0.4, -0.2) is 55.0 Å². The smallest absolute Gasteiger partial charge is 0.246 e. The van der Waals surface area contributed by atoms with E-state index in [4.69, 9.17) is 9.15 Å². The maximum Gasteiger partial charge on any atom is 0.246 e. The number of carbonyl (C=O) groups excluding carboxylic acids is 1. The van der Waals surface area contributed by atoms with Crippen LogP contribution in [-0.2, 0) is 4.79 Å². The second kappa shape index (κ2) is 8.17. The van der Waals surface area contributed by atoms with E-state index in [1.54, 1.807) is 12.3 Å². The van der Waals surface area contributed by atoms with Crippen molar-refractivity contribution in [3.8, 4) is 5.75 Å². The first-order chi connectivity index (χ1) is 13.0. The number of benzene rings is 1. The van der Waals surface area contributed by atoms with Gasteiger partial charge in [-0.3, -0.25) is 4.79 Å². The Kier molecular flexibility index (Phi) is 5.90. The largest absolute Gasteiger partial charge is 0.493 e. The number of furan rings is 1. The first kappa shape index (κ1) is 19.5. The summed E-state index contributed by atoms with van der Waals surface area (Å²) in [5, 5.41) is 1.07. The van der Waals surface area contributed by atoms with E-state index >= 15 is 0 Å². The van der Waals surface area contributed by atoms with Crippen LogP contribution < -0.4 is 4.74 Å². The topological polar surface area (TPSA) is 45.9 Å². The molecular formula is C22H30N2O3. The lowest BCUT2D eigenvalue weighted by atomic mass is 9.98. The molecule has 1 saturated heterocycles. The van der Waals surface area contributed by atoms with Gasteiger partial charge in [0.25, 0.3) is 0 Å². The minimum Gasteiger partial charge on any atom is -0.493 e. The Morgan fingerprint density at radius 2 is 1.93 bits per heavy atom. The van der Waals surface area contributed by atoms with Crippen molar-refractivity contribution in [2.24, 2.45) is 0 Å². The third-order valence-electron chi connectivity index (χ3n) is 5.42. The maximum absolute atomic E-state index is 12.8. The molecule has 0 spiro atoms. The molecule has 2 heterocycles. The van der Waals surface area contributed by atoms with E-state index in [9.17, 15) is 4.79 Å². The van der Waals surface area contributed by atoms with Crippen molar-refractivity contribution in [3.63, 3.8) is 0 Å². The van der Waals surface area contributed by atoms with Gasteiger partial charge in [0.15, 0.2) is 0 Å². The predicted octanol–water partition coefficient (Wildman–Crippen LogP) is 4.02. The molecule has 2 aromatic rings. The Morgan fingerprint density at radius 3 is 2.56 bits per heavy atom. The molecule has 3 rings (SSSR count). The van der Waals surface area contributed by atoms with Crippen LogP contribution in [0.5, 0.6) is 5.75 Å². The minimum absolute atomic E-state index is 0.0763. The van der Waals surface area contributed by atoms with Gasteiger partial charge in [0, 0.05) is 48.8 Å². The number of allylic oxidation sites excluding steroid dienone is 1. The second-order valence-electron chi connectivity index (χ2n) is 7.19. The van der Waals surface area contributed by atoms with Gasteiger partial charge in [-0.05, 0) is 51.4 Å². The lowest BCUT2D eigenvalue weighted by Gasteiger charge is -2.33. The van der Waals surface area contributed by atoms with Crippen LogP contribution in [0.2, 0.25) is 0 Å². The molecular weight excluding hydrogens is 340 g/mol. The van der Waals surface area contributed by atoms with Crippen molar-refractivity contribution in [1.29, 1.82) is 0 Å². The van der Waals surface area contributed by atoms with E-state index in [-0.39, 0.29) is 5.91 Å². The fourth-order valence-electron chi connectivity index (χ4n) is 3.70. The number of ether oxygens (including phenoxy) is 1. The molecule has 1 aliphatic heterocycles. The van der Waals surface area contributed by atoms with Gasteiger partial charge in [0.1, 0.15) is 11.3 Å². The first-order valence-electron chi connectivity index (χ1n) is 9.80. The number of likely N-dealkylation sites (N-methyl/N-ethyl adjacent to an activating group) is 1. The fourth-order valence-corrected chi connectivity index (χ4v) is 3.70. The quantitative estimate of drug-likeness (QED) is 0.746. The van der Waals surface area contributed by atoms with Crippen LogP contribution in [0.4, 0.5) is 0 Å². The standard InChI is InChI=1S/C22H30N2O3/c1-6-23-8-10-24(11-9-23)20(25)12-15(3)18-13-19-16(4)14-27-22(19)17(5)21(18)26-7-2/h12-14H,6-11H2,1-5H3/b15-12+. The Balaban J connectivity index is 1.93. The van der Waals surface area contributed by atoms with Gasteiger partial charge in [-0.2, -0.15) is 0 Å². The molecule has 0 atom stereocenters. The highest BCUT2D eigenvalue weighted by molar-refractivity contribution is 5.98. The molecule has 27 heavy (non-hydrogen) atoms. The molecule has 0 radical (unpaired) electrons. The molecule has 1 aliphatic rings. The second-order valence-corrected chi connectivity index (χ2v) is 7.19. The van der Waals surface area contributed by atoms with Gasteiger partial charge in [-0.1, -0.05) is 6.92 Å². The van der Waals surface area contributed by atoms with Crippen LogP contribution in [0.1, 0.15) is 37.5 Å². The number of hydrogen-bond donors (Lipinski definition) is 0. The van der Waals surface area contributed by atoms with Crippen LogP contribution >= 0.6 is 0 Å². The normalized spacial score (nSPS) is 16.2. The third kappa shape index (κ3) is 3.88. The Hall–Kier alpha value is -2.27. The molecule has 0 unspecified atom stereocenters. The van der Waals surface area contributed by atoms with Crippen LogP contribution in [0.3, 0.4) is 0 Å². The van der Waals surface area contributed by atoms with Gasteiger partial charge in [-0.25, -0.2) is 0 Å². The molecule has 5 heteroatoms. The summed E-state index contributed by atoms with van der Waals surface area (Å²) in [6.07, 6.45) is 3.52. The van der Waals surface area contributed by atoms with Crippen molar-refractivity contribution in [3.05, 3.63) is 35.1 Å². The highest BCUT2D eigenvalue weighted by Crippen LogP contribution is 2.37. The maximum atomic E-state index is 12.8. The van der Waals surface area contributed by atoms with Gasteiger partial charge in [-0.15, -0.1) is 0 Å². The van der Waals surface area contributed by atoms with Gasteiger partial charge in [0.05, 0.1) is 12.9 Å². The number of amides is 1. The van der Waals surface area contributed by atoms with Gasteiger partial charge in [0.2, 0.25) is 5.91 Å². The van der Waals surface area contributed by atoms with Crippen molar-refractivity contribution >= 4 is 22.4 Å². The summed E-state index contributed by atoms with van der Waals surface area (Å²) >= 11 is 0. The summed E-state index contributed by atoms with van der Waals surface area (Å²) in [6.45, 7) is 15.2. The van der Waals surface area contributed by atoms with Gasteiger partial charge >= 0.3 is 0 Å². The van der Waals surface area contributed by atoms with Gasteiger partial charge < -0.3 is 19.0 Å². The zero-order valence-corrected chi connectivity index (χ0v) is 17.1. The number of fused-ring (bicyclic) bond motifs is 1. The highest BCUT2D eigenvalue weighted by Gasteiger charge is 2.21. The molecule has 0 saturated carbocycles. The van der Waals surface area contributed by atoms with E-state index in [2.05, 4.69) is 17.9 Å². The van der Waals surface area contributed by atoms with Crippen molar-refractivity contribution in [2.45, 2.75) is 34.6 Å². The Labute approximate surface area is 161 Å². The monoisotopic (exact) mass is 370 g/mol. The summed E-state index contributed by atoms with van der Waals surface area (Å²) < 4.78 is 11.6. The SMILES string of the molecule is CCOc1c(/C(C)=C/C(=O)N2CCN(CC)CC2)cc2c(C)coc2c1C. The van der Waals surface area contributed by atoms with Crippen molar-refractivity contribution < 1.29 is 13.9 Å². The lowest BCUT2D eigenvalue weighted by molar-refractivity contribution is -0.127. The average molecular weight is 370 g/mol. The van der Waals surface area contributed by atoms with E-state index < -0.39 is 0 Å². The number of aryl methyl sites for hydroxylation is 2. The molecule has 0 bridgehead atoms. The van der Waals surface area contributed by atoms with Crippen LogP contribution in [0, 0.1) is 13.8 Å². The third-order valence-corrected chi connectivity index (χ3v) is 5.42. The summed E-state index contributed by atoms with van der Waals surface area (Å²) in [6, 6.07) is 2.08. The van der Waals surface area contributed by atoms with E-state index in [1.165, 1.54) is 0 Å². The average Bonchev–Trinajstić information content (AvgIpc) is 3.05. The molecule has 1 aromatic carbocycles. The van der Waals surface area contributed by atoms with E-state index in [1.807, 2.05) is 32.6 Å². The molecule has 146 valence electrons. The zero-order chi connectivity index (χ0) is 19.6. The lowest BCUT2D eigenvalue weighted by Crippen LogP contribution is -2.48. The Bertz CT molecular complexity index is 858. The highest BCUT2D eigenvalue weighted by atomic mass is 16.5. The molecule has 0 aliphatic carbocycles. The number of nitrogens with zero attached hydrogens (tertiary/aromatic N) is 2. The molecule has 5 nitrogen and oxygen atoms in total. The summed E-state index contributed by atoms with van der Waals surface area (Å²) in [7, 11) is 0. The zero-order valence-electron chi connectivity index (χ0n) is 17.1. The predicted molar refractivity (Wildman–Crippen MR) is 109 cm³/mol. The molecule has 0 N–H and O–H groups in total. The Morgan fingerprint density at radius 1 is 1.22 bits per heavy atom. The summed E-state index contributed by atoms with van der Waals surface area (Å²) in [4.78, 5) is 17.1. The van der Waals surface area contributed by atoms with Crippen LogP contribution in [0.25, 0.3) is 16.5 Å². The summed E-state index contributed by atoms with van der Waals surface area (Å²) in [5.74, 6) is 0.879. The summed E-state index contributed by atoms with van der Waals surface area (Å²) in [5.41, 5.74) is 4.81. The van der Waals surface area contributed by atoms with Crippen molar-refractivity contribution in [2.75, 3.05) is 39.3 Å².